The lowest BCUT2D eigenvalue weighted by atomic mass is 10.4. The van der Waals surface area contributed by atoms with Gasteiger partial charge in [-0.1, -0.05) is 6.92 Å². The second-order valence-electron chi connectivity index (χ2n) is 3.13. The summed E-state index contributed by atoms with van der Waals surface area (Å²) in [6, 6.07) is 0. The summed E-state index contributed by atoms with van der Waals surface area (Å²) in [7, 11) is 1.50. The Hall–Kier alpha value is -1.96. The van der Waals surface area contributed by atoms with Gasteiger partial charge in [-0.3, -0.25) is 10.1 Å². The Morgan fingerprint density at radius 2 is 2.12 bits per heavy atom. The van der Waals surface area contributed by atoms with Crippen molar-refractivity contribution in [2.75, 3.05) is 26.1 Å². The van der Waals surface area contributed by atoms with Crippen molar-refractivity contribution >= 4 is 11.5 Å². The summed E-state index contributed by atoms with van der Waals surface area (Å²) >= 11 is 0. The molecule has 0 aliphatic rings. The second kappa shape index (κ2) is 5.94. The van der Waals surface area contributed by atoms with E-state index in [4.69, 9.17) is 15.2 Å². The summed E-state index contributed by atoms with van der Waals surface area (Å²) in [5.74, 6) is 0.103. The first-order chi connectivity index (χ1) is 8.10. The van der Waals surface area contributed by atoms with E-state index in [1.54, 1.807) is 0 Å². The van der Waals surface area contributed by atoms with Crippen molar-refractivity contribution in [3.05, 3.63) is 15.9 Å². The predicted octanol–water partition coefficient (Wildman–Crippen LogP) is 0.555. The van der Waals surface area contributed by atoms with Crippen LogP contribution in [0.1, 0.15) is 12.7 Å². The zero-order chi connectivity index (χ0) is 12.8. The van der Waals surface area contributed by atoms with Crippen LogP contribution >= 0.6 is 0 Å². The van der Waals surface area contributed by atoms with Crippen molar-refractivity contribution in [3.8, 4) is 5.88 Å². The molecule has 0 saturated heterocycles. The minimum absolute atomic E-state index is 0.114. The number of aryl methyl sites for hydroxylation is 1. The Balaban J connectivity index is 3.04. The fourth-order valence-electron chi connectivity index (χ4n) is 1.15. The van der Waals surface area contributed by atoms with E-state index in [2.05, 4.69) is 9.97 Å². The molecule has 1 rings (SSSR count). The molecule has 2 N–H and O–H groups in total. The first kappa shape index (κ1) is 13.1. The van der Waals surface area contributed by atoms with Crippen LogP contribution in [0.4, 0.5) is 11.5 Å². The summed E-state index contributed by atoms with van der Waals surface area (Å²) in [5, 5.41) is 10.8. The smallest absolute Gasteiger partial charge is 0.372 e. The van der Waals surface area contributed by atoms with Gasteiger partial charge in [-0.05, 0) is 0 Å². The van der Waals surface area contributed by atoms with Gasteiger partial charge in [0.1, 0.15) is 12.4 Å². The molecule has 17 heavy (non-hydrogen) atoms. The fraction of sp³-hybridized carbons (Fsp3) is 0.556. The fourth-order valence-corrected chi connectivity index (χ4v) is 1.15. The summed E-state index contributed by atoms with van der Waals surface area (Å²) in [4.78, 5) is 17.9. The maximum Gasteiger partial charge on any atom is 0.372 e. The number of hydrogen-bond donors (Lipinski definition) is 1. The number of methoxy groups -OCH3 is 1. The lowest BCUT2D eigenvalue weighted by molar-refractivity contribution is -0.385. The van der Waals surface area contributed by atoms with Crippen LogP contribution < -0.4 is 10.5 Å². The number of aromatic nitrogens is 2. The normalized spacial score (nSPS) is 10.2. The number of ether oxygens (including phenoxy) is 2. The van der Waals surface area contributed by atoms with Gasteiger partial charge in [-0.25, -0.2) is 4.98 Å². The second-order valence-corrected chi connectivity index (χ2v) is 3.13. The van der Waals surface area contributed by atoms with Crippen molar-refractivity contribution in [2.45, 2.75) is 13.3 Å². The van der Waals surface area contributed by atoms with Gasteiger partial charge >= 0.3 is 5.69 Å². The van der Waals surface area contributed by atoms with E-state index < -0.39 is 10.6 Å². The largest absolute Gasteiger partial charge is 0.470 e. The van der Waals surface area contributed by atoms with Gasteiger partial charge in [0.05, 0.1) is 11.5 Å². The highest BCUT2D eigenvalue weighted by Gasteiger charge is 2.24. The Bertz CT molecular complexity index is 410. The molecule has 0 aromatic carbocycles. The minimum Gasteiger partial charge on any atom is -0.470 e. The maximum atomic E-state index is 10.8. The number of nitrogen functional groups attached to an aromatic ring is 1. The number of nitro groups is 1. The molecule has 1 aromatic rings. The molecular weight excluding hydrogens is 228 g/mol. The van der Waals surface area contributed by atoms with Crippen LogP contribution in [0, 0.1) is 10.1 Å². The summed E-state index contributed by atoms with van der Waals surface area (Å²) < 4.78 is 9.95. The van der Waals surface area contributed by atoms with Crippen molar-refractivity contribution in [3.63, 3.8) is 0 Å². The van der Waals surface area contributed by atoms with E-state index in [1.165, 1.54) is 7.11 Å². The third-order valence-corrected chi connectivity index (χ3v) is 1.95. The van der Waals surface area contributed by atoms with E-state index in [9.17, 15) is 10.1 Å². The molecule has 0 bridgehead atoms. The van der Waals surface area contributed by atoms with Crippen molar-refractivity contribution in [1.29, 1.82) is 0 Å². The number of nitrogens with two attached hydrogens (primary N) is 1. The van der Waals surface area contributed by atoms with E-state index in [0.717, 1.165) is 0 Å². The molecule has 0 atom stereocenters. The van der Waals surface area contributed by atoms with Crippen LogP contribution in [0.5, 0.6) is 5.88 Å². The minimum atomic E-state index is -0.656. The lowest BCUT2D eigenvalue weighted by Crippen LogP contribution is -2.11. The Labute approximate surface area is 97.9 Å². The third-order valence-electron chi connectivity index (χ3n) is 1.95. The molecule has 1 heterocycles. The summed E-state index contributed by atoms with van der Waals surface area (Å²) in [6.45, 7) is 2.29. The topological polar surface area (TPSA) is 113 Å². The lowest BCUT2D eigenvalue weighted by Gasteiger charge is -2.07. The van der Waals surface area contributed by atoms with E-state index in [1.807, 2.05) is 6.92 Å². The van der Waals surface area contributed by atoms with E-state index in [-0.39, 0.29) is 18.3 Å². The molecule has 0 fully saturated rings. The molecule has 0 aliphatic carbocycles. The summed E-state index contributed by atoms with van der Waals surface area (Å²) in [6.07, 6.45) is 0.517. The zero-order valence-corrected chi connectivity index (χ0v) is 9.67. The molecule has 8 nitrogen and oxygen atoms in total. The highest BCUT2D eigenvalue weighted by molar-refractivity contribution is 5.58. The molecule has 94 valence electrons. The Morgan fingerprint density at radius 3 is 2.65 bits per heavy atom. The number of hydrogen-bond acceptors (Lipinski definition) is 7. The highest BCUT2D eigenvalue weighted by Crippen LogP contribution is 2.29. The van der Waals surface area contributed by atoms with Crippen molar-refractivity contribution < 1.29 is 14.4 Å². The Kier molecular flexibility index (Phi) is 4.58. The number of nitrogens with zero attached hydrogens (tertiary/aromatic N) is 3. The zero-order valence-electron chi connectivity index (χ0n) is 9.67. The molecule has 0 aliphatic heterocycles. The van der Waals surface area contributed by atoms with Crippen LogP contribution in [-0.2, 0) is 11.2 Å². The van der Waals surface area contributed by atoms with Crippen LogP contribution in [0.2, 0.25) is 0 Å². The van der Waals surface area contributed by atoms with Crippen molar-refractivity contribution in [1.82, 2.24) is 9.97 Å². The van der Waals surface area contributed by atoms with E-state index >= 15 is 0 Å². The first-order valence-electron chi connectivity index (χ1n) is 5.02. The molecule has 0 amide bonds. The molecule has 8 heteroatoms. The van der Waals surface area contributed by atoms with Gasteiger partial charge in [0, 0.05) is 13.5 Å². The van der Waals surface area contributed by atoms with Crippen molar-refractivity contribution in [2.24, 2.45) is 0 Å². The quantitative estimate of drug-likeness (QED) is 0.440. The first-order valence-corrected chi connectivity index (χ1v) is 5.02. The molecule has 0 saturated carbocycles. The van der Waals surface area contributed by atoms with Gasteiger partial charge in [0.15, 0.2) is 0 Å². The molecule has 1 aromatic heterocycles. The molecule has 0 unspecified atom stereocenters. The van der Waals surface area contributed by atoms with E-state index in [0.29, 0.717) is 18.9 Å². The van der Waals surface area contributed by atoms with Gasteiger partial charge in [0.25, 0.3) is 5.88 Å². The number of anilines is 1. The maximum absolute atomic E-state index is 10.8. The molecule has 0 spiro atoms. The number of rotatable bonds is 6. The van der Waals surface area contributed by atoms with Gasteiger partial charge < -0.3 is 15.2 Å². The van der Waals surface area contributed by atoms with Crippen LogP contribution in [0.15, 0.2) is 0 Å². The molecular formula is C9H14N4O4. The van der Waals surface area contributed by atoms with Gasteiger partial charge in [-0.15, -0.1) is 0 Å². The third kappa shape index (κ3) is 3.25. The predicted molar refractivity (Wildman–Crippen MR) is 59.8 cm³/mol. The monoisotopic (exact) mass is 242 g/mol. The van der Waals surface area contributed by atoms with Gasteiger partial charge in [-0.2, -0.15) is 4.98 Å². The SMILES string of the molecule is CCc1nc(N)c([N+](=O)[O-])c(OCCOC)n1. The van der Waals surface area contributed by atoms with Crippen LogP contribution in [0.3, 0.4) is 0 Å². The van der Waals surface area contributed by atoms with Gasteiger partial charge in [0.2, 0.25) is 5.82 Å². The average molecular weight is 242 g/mol. The molecule has 0 radical (unpaired) electrons. The highest BCUT2D eigenvalue weighted by atomic mass is 16.6. The standard InChI is InChI=1S/C9H14N4O4/c1-3-6-11-8(10)7(13(14)15)9(12-6)17-5-4-16-2/h3-5H2,1-2H3,(H2,10,11,12). The van der Waals surface area contributed by atoms with Crippen LogP contribution in [0.25, 0.3) is 0 Å². The average Bonchev–Trinajstić information content (AvgIpc) is 2.28. The Morgan fingerprint density at radius 1 is 1.41 bits per heavy atom. The summed E-state index contributed by atoms with van der Waals surface area (Å²) in [5.41, 5.74) is 5.09. The van der Waals surface area contributed by atoms with Crippen LogP contribution in [-0.4, -0.2) is 35.2 Å².